The topological polar surface area (TPSA) is 0 Å². The molecule has 0 aromatic heterocycles. The molecule has 1 radical (unpaired) electrons. The molecule has 0 aliphatic rings. The predicted octanol–water partition coefficient (Wildman–Crippen LogP) is 3.97. The highest BCUT2D eigenvalue weighted by molar-refractivity contribution is 9.10. The SMILES string of the molecule is [S]CCCCc1ccccc1Br. The van der Waals surface area contributed by atoms with E-state index in [2.05, 4.69) is 34.1 Å². The molecule has 0 atom stereocenters. The molecule has 0 N–H and O–H groups in total. The minimum atomic E-state index is 0.879. The molecule has 0 unspecified atom stereocenters. The Balaban J connectivity index is 2.46. The van der Waals surface area contributed by atoms with Crippen LogP contribution in [-0.4, -0.2) is 5.75 Å². The van der Waals surface area contributed by atoms with Crippen molar-refractivity contribution >= 4 is 28.6 Å². The van der Waals surface area contributed by atoms with Crippen LogP contribution in [0.3, 0.4) is 0 Å². The summed E-state index contributed by atoms with van der Waals surface area (Å²) in [6, 6.07) is 8.37. The van der Waals surface area contributed by atoms with E-state index in [4.69, 9.17) is 12.6 Å². The lowest BCUT2D eigenvalue weighted by molar-refractivity contribution is 0.801. The van der Waals surface area contributed by atoms with Crippen molar-refractivity contribution in [1.82, 2.24) is 0 Å². The lowest BCUT2D eigenvalue weighted by Crippen LogP contribution is -1.87. The lowest BCUT2D eigenvalue weighted by Gasteiger charge is -2.02. The second-order valence-electron chi connectivity index (χ2n) is 2.75. The van der Waals surface area contributed by atoms with Crippen LogP contribution in [0.5, 0.6) is 0 Å². The van der Waals surface area contributed by atoms with Crippen LogP contribution in [0.2, 0.25) is 0 Å². The highest BCUT2D eigenvalue weighted by atomic mass is 79.9. The summed E-state index contributed by atoms with van der Waals surface area (Å²) in [7, 11) is 0. The number of hydrogen-bond donors (Lipinski definition) is 0. The maximum Gasteiger partial charge on any atom is 0.0207 e. The maximum atomic E-state index is 4.89. The van der Waals surface area contributed by atoms with Crippen LogP contribution in [0.1, 0.15) is 18.4 Å². The molecule has 1 aromatic rings. The number of aryl methyl sites for hydroxylation is 1. The van der Waals surface area contributed by atoms with Crippen LogP contribution in [-0.2, 0) is 6.42 Å². The highest BCUT2D eigenvalue weighted by Crippen LogP contribution is 2.17. The average molecular weight is 244 g/mol. The Bertz CT molecular complexity index is 235. The molecule has 0 spiro atoms. The molecular weight excluding hydrogens is 232 g/mol. The molecule has 0 aliphatic heterocycles. The first kappa shape index (κ1) is 10.1. The fourth-order valence-corrected chi connectivity index (χ4v) is 1.81. The summed E-state index contributed by atoms with van der Waals surface area (Å²) < 4.78 is 1.22. The molecule has 2 heteroatoms. The first-order valence-corrected chi connectivity index (χ1v) is 5.53. The number of hydrogen-bond acceptors (Lipinski definition) is 0. The molecular formula is C10H12BrS. The van der Waals surface area contributed by atoms with Crippen molar-refractivity contribution in [2.75, 3.05) is 5.75 Å². The lowest BCUT2D eigenvalue weighted by atomic mass is 10.1. The summed E-state index contributed by atoms with van der Waals surface area (Å²) in [6.45, 7) is 0. The molecule has 12 heavy (non-hydrogen) atoms. The van der Waals surface area contributed by atoms with E-state index in [1.54, 1.807) is 0 Å². The molecule has 0 fully saturated rings. The third-order valence-electron chi connectivity index (χ3n) is 1.80. The standard InChI is InChI=1S/C10H12BrS/c11-10-7-2-1-5-9(10)6-3-4-8-12/h1-2,5,7H,3-4,6,8H2. The van der Waals surface area contributed by atoms with E-state index in [-0.39, 0.29) is 0 Å². The summed E-state index contributed by atoms with van der Waals surface area (Å²) in [5.74, 6) is 0.879. The van der Waals surface area contributed by atoms with Crippen LogP contribution in [0.4, 0.5) is 0 Å². The van der Waals surface area contributed by atoms with Crippen LogP contribution in [0, 0.1) is 0 Å². The minimum absolute atomic E-state index is 0.879. The van der Waals surface area contributed by atoms with Gasteiger partial charge in [0.2, 0.25) is 0 Å². The van der Waals surface area contributed by atoms with E-state index in [1.807, 2.05) is 6.07 Å². The molecule has 65 valence electrons. The Hall–Kier alpha value is 0.0500. The van der Waals surface area contributed by atoms with Crippen LogP contribution in [0.25, 0.3) is 0 Å². The van der Waals surface area contributed by atoms with Crippen molar-refractivity contribution in [3.05, 3.63) is 34.3 Å². The Morgan fingerprint density at radius 2 is 1.92 bits per heavy atom. The summed E-state index contributed by atoms with van der Waals surface area (Å²) in [6.07, 6.45) is 3.49. The fraction of sp³-hybridized carbons (Fsp3) is 0.400. The van der Waals surface area contributed by atoms with Crippen LogP contribution in [0.15, 0.2) is 28.7 Å². The summed E-state index contributed by atoms with van der Waals surface area (Å²) in [4.78, 5) is 0. The third kappa shape index (κ3) is 3.20. The Morgan fingerprint density at radius 3 is 2.58 bits per heavy atom. The van der Waals surface area contributed by atoms with Crippen LogP contribution >= 0.6 is 28.6 Å². The Kier molecular flexibility index (Phi) is 4.77. The first-order chi connectivity index (χ1) is 5.84. The molecule has 0 amide bonds. The number of benzene rings is 1. The average Bonchev–Trinajstić information content (AvgIpc) is 2.09. The highest BCUT2D eigenvalue weighted by Gasteiger charge is 1.96. The first-order valence-electron chi connectivity index (χ1n) is 4.16. The van der Waals surface area contributed by atoms with E-state index in [1.165, 1.54) is 16.5 Å². The Morgan fingerprint density at radius 1 is 1.17 bits per heavy atom. The van der Waals surface area contributed by atoms with Gasteiger partial charge in [-0.25, -0.2) is 0 Å². The van der Waals surface area contributed by atoms with E-state index in [9.17, 15) is 0 Å². The van der Waals surface area contributed by atoms with Crippen molar-refractivity contribution < 1.29 is 0 Å². The third-order valence-corrected chi connectivity index (χ3v) is 2.86. The number of unbranched alkanes of at least 4 members (excludes halogenated alkanes) is 1. The molecule has 0 bridgehead atoms. The van der Waals surface area contributed by atoms with Gasteiger partial charge in [-0.2, -0.15) is 0 Å². The van der Waals surface area contributed by atoms with Gasteiger partial charge >= 0.3 is 0 Å². The van der Waals surface area contributed by atoms with Gasteiger partial charge in [0.15, 0.2) is 0 Å². The van der Waals surface area contributed by atoms with Crippen molar-refractivity contribution in [2.45, 2.75) is 19.3 Å². The van der Waals surface area contributed by atoms with E-state index >= 15 is 0 Å². The zero-order chi connectivity index (χ0) is 8.81. The predicted molar refractivity (Wildman–Crippen MR) is 59.5 cm³/mol. The van der Waals surface area contributed by atoms with Gasteiger partial charge in [-0.3, -0.25) is 0 Å². The van der Waals surface area contributed by atoms with E-state index < -0.39 is 0 Å². The van der Waals surface area contributed by atoms with Gasteiger partial charge in [0, 0.05) is 10.2 Å². The second kappa shape index (κ2) is 5.65. The molecule has 1 aromatic carbocycles. The quantitative estimate of drug-likeness (QED) is 0.703. The molecule has 1 rings (SSSR count). The molecule has 0 saturated heterocycles. The molecule has 0 nitrogen and oxygen atoms in total. The molecule has 0 saturated carbocycles. The molecule has 0 aliphatic carbocycles. The van der Waals surface area contributed by atoms with Crippen molar-refractivity contribution in [3.8, 4) is 0 Å². The van der Waals surface area contributed by atoms with E-state index in [0.717, 1.165) is 18.6 Å². The maximum absolute atomic E-state index is 4.89. The summed E-state index contributed by atoms with van der Waals surface area (Å²) in [5.41, 5.74) is 1.39. The monoisotopic (exact) mass is 243 g/mol. The smallest absolute Gasteiger partial charge is 0.0207 e. The number of rotatable bonds is 4. The van der Waals surface area contributed by atoms with Gasteiger partial charge in [0.1, 0.15) is 0 Å². The van der Waals surface area contributed by atoms with Crippen molar-refractivity contribution in [1.29, 1.82) is 0 Å². The fourth-order valence-electron chi connectivity index (χ4n) is 1.12. The van der Waals surface area contributed by atoms with Gasteiger partial charge in [-0.1, -0.05) is 46.8 Å². The normalized spacial score (nSPS) is 10.2. The van der Waals surface area contributed by atoms with Gasteiger partial charge in [0.25, 0.3) is 0 Å². The second-order valence-corrected chi connectivity index (χ2v) is 4.02. The molecule has 0 heterocycles. The van der Waals surface area contributed by atoms with E-state index in [0.29, 0.717) is 0 Å². The minimum Gasteiger partial charge on any atom is -0.0942 e. The van der Waals surface area contributed by atoms with Gasteiger partial charge in [-0.15, -0.1) is 0 Å². The van der Waals surface area contributed by atoms with Crippen LogP contribution < -0.4 is 0 Å². The van der Waals surface area contributed by atoms with Gasteiger partial charge in [0.05, 0.1) is 0 Å². The zero-order valence-electron chi connectivity index (χ0n) is 6.92. The summed E-state index contributed by atoms with van der Waals surface area (Å²) >= 11 is 8.41. The van der Waals surface area contributed by atoms with Crippen molar-refractivity contribution in [3.63, 3.8) is 0 Å². The largest absolute Gasteiger partial charge is 0.0942 e. The zero-order valence-corrected chi connectivity index (χ0v) is 9.33. The summed E-state index contributed by atoms with van der Waals surface area (Å²) in [5, 5.41) is 0. The number of halogens is 1. The van der Waals surface area contributed by atoms with Gasteiger partial charge in [-0.05, 0) is 30.9 Å². The Labute approximate surface area is 87.9 Å². The van der Waals surface area contributed by atoms with Gasteiger partial charge < -0.3 is 0 Å². The van der Waals surface area contributed by atoms with Crippen molar-refractivity contribution in [2.24, 2.45) is 0 Å².